The molecule has 30 heavy (non-hydrogen) atoms. The smallest absolute Gasteiger partial charge is 0.255 e. The minimum absolute atomic E-state index is 0.195. The highest BCUT2D eigenvalue weighted by Gasteiger charge is 2.11. The Kier molecular flexibility index (Phi) is 6.31. The number of morpholine rings is 1. The summed E-state index contributed by atoms with van der Waals surface area (Å²) in [4.78, 5) is 16.3. The van der Waals surface area contributed by atoms with Gasteiger partial charge in [-0.2, -0.15) is 4.80 Å². The van der Waals surface area contributed by atoms with E-state index in [2.05, 4.69) is 25.6 Å². The van der Waals surface area contributed by atoms with E-state index in [4.69, 9.17) is 9.47 Å². The Morgan fingerprint density at radius 1 is 1.17 bits per heavy atom. The van der Waals surface area contributed by atoms with Crippen LogP contribution in [0.15, 0.2) is 48.5 Å². The van der Waals surface area contributed by atoms with Crippen molar-refractivity contribution >= 4 is 11.6 Å². The minimum atomic E-state index is -0.195. The molecule has 2 heterocycles. The molecule has 0 spiro atoms. The number of amides is 1. The first-order chi connectivity index (χ1) is 14.7. The SMILES string of the molecule is Cn1nnc(-c2ccc(C(=O)Nc3cccc(OCCN4CCOCC4)c3)cc2)n1. The van der Waals surface area contributed by atoms with Gasteiger partial charge in [0, 0.05) is 42.5 Å². The van der Waals surface area contributed by atoms with Crippen molar-refractivity contribution in [2.24, 2.45) is 7.05 Å². The molecular formula is C21H24N6O3. The summed E-state index contributed by atoms with van der Waals surface area (Å²) in [5.41, 5.74) is 2.03. The predicted octanol–water partition coefficient (Wildman–Crippen LogP) is 1.84. The molecule has 0 saturated carbocycles. The van der Waals surface area contributed by atoms with Crippen LogP contribution < -0.4 is 10.1 Å². The maximum absolute atomic E-state index is 12.6. The molecule has 156 valence electrons. The number of nitrogens with zero attached hydrogens (tertiary/aromatic N) is 5. The second-order valence-corrected chi connectivity index (χ2v) is 6.96. The topological polar surface area (TPSA) is 94.4 Å². The standard InChI is InChI=1S/C21H24N6O3/c1-26-24-20(23-25-26)16-5-7-17(8-6-16)21(28)22-18-3-2-4-19(15-18)30-14-11-27-9-12-29-13-10-27/h2-8,15H,9-14H2,1H3,(H,22,28). The Bertz CT molecular complexity index is 982. The first-order valence-corrected chi connectivity index (χ1v) is 9.86. The number of ether oxygens (including phenoxy) is 2. The zero-order chi connectivity index (χ0) is 20.8. The second-order valence-electron chi connectivity index (χ2n) is 6.96. The molecule has 0 unspecified atom stereocenters. The lowest BCUT2D eigenvalue weighted by atomic mass is 10.1. The number of anilines is 1. The van der Waals surface area contributed by atoms with Crippen LogP contribution in [0.4, 0.5) is 5.69 Å². The van der Waals surface area contributed by atoms with E-state index < -0.39 is 0 Å². The van der Waals surface area contributed by atoms with Crippen molar-refractivity contribution in [1.29, 1.82) is 0 Å². The predicted molar refractivity (Wildman–Crippen MR) is 111 cm³/mol. The van der Waals surface area contributed by atoms with E-state index in [1.807, 2.05) is 24.3 Å². The molecule has 1 aromatic heterocycles. The summed E-state index contributed by atoms with van der Waals surface area (Å²) in [6, 6.07) is 14.5. The van der Waals surface area contributed by atoms with Crippen LogP contribution in [-0.2, 0) is 11.8 Å². The fraction of sp³-hybridized carbons (Fsp3) is 0.333. The van der Waals surface area contributed by atoms with Crippen molar-refractivity contribution in [2.75, 3.05) is 44.8 Å². The third-order valence-corrected chi connectivity index (χ3v) is 4.79. The molecule has 1 N–H and O–H groups in total. The molecule has 9 nitrogen and oxygen atoms in total. The van der Waals surface area contributed by atoms with Crippen LogP contribution in [0.5, 0.6) is 5.75 Å². The molecule has 3 aromatic rings. The second kappa shape index (κ2) is 9.47. The van der Waals surface area contributed by atoms with E-state index in [1.54, 1.807) is 31.3 Å². The zero-order valence-electron chi connectivity index (χ0n) is 16.8. The van der Waals surface area contributed by atoms with Crippen molar-refractivity contribution in [2.45, 2.75) is 0 Å². The van der Waals surface area contributed by atoms with Crippen LogP contribution in [0.3, 0.4) is 0 Å². The van der Waals surface area contributed by atoms with Gasteiger partial charge in [-0.25, -0.2) is 0 Å². The van der Waals surface area contributed by atoms with Crippen molar-refractivity contribution in [1.82, 2.24) is 25.1 Å². The van der Waals surface area contributed by atoms with E-state index >= 15 is 0 Å². The summed E-state index contributed by atoms with van der Waals surface area (Å²) >= 11 is 0. The van der Waals surface area contributed by atoms with Crippen molar-refractivity contribution in [3.05, 3.63) is 54.1 Å². The lowest BCUT2D eigenvalue weighted by Gasteiger charge is -2.26. The highest BCUT2D eigenvalue weighted by atomic mass is 16.5. The quantitative estimate of drug-likeness (QED) is 0.637. The maximum atomic E-state index is 12.6. The molecule has 1 aliphatic heterocycles. The first kappa shape index (κ1) is 20.0. The number of nitrogens with one attached hydrogen (secondary N) is 1. The van der Waals surface area contributed by atoms with Crippen molar-refractivity contribution in [3.63, 3.8) is 0 Å². The monoisotopic (exact) mass is 408 g/mol. The lowest BCUT2D eigenvalue weighted by molar-refractivity contribution is 0.0322. The number of hydrogen-bond acceptors (Lipinski definition) is 7. The van der Waals surface area contributed by atoms with E-state index in [0.717, 1.165) is 44.2 Å². The fourth-order valence-electron chi connectivity index (χ4n) is 3.15. The first-order valence-electron chi connectivity index (χ1n) is 9.86. The van der Waals surface area contributed by atoms with Crippen LogP contribution in [0, 0.1) is 0 Å². The molecule has 4 rings (SSSR count). The minimum Gasteiger partial charge on any atom is -0.492 e. The molecule has 0 bridgehead atoms. The summed E-state index contributed by atoms with van der Waals surface area (Å²) in [5, 5.41) is 14.9. The van der Waals surface area contributed by atoms with Gasteiger partial charge >= 0.3 is 0 Å². The number of aryl methyl sites for hydroxylation is 1. The van der Waals surface area contributed by atoms with E-state index in [1.165, 1.54) is 4.80 Å². The van der Waals surface area contributed by atoms with E-state index in [9.17, 15) is 4.79 Å². The summed E-state index contributed by atoms with van der Waals surface area (Å²) in [5.74, 6) is 1.05. The Morgan fingerprint density at radius 2 is 1.97 bits per heavy atom. The number of hydrogen-bond donors (Lipinski definition) is 1. The fourth-order valence-corrected chi connectivity index (χ4v) is 3.15. The van der Waals surface area contributed by atoms with Crippen LogP contribution in [0.25, 0.3) is 11.4 Å². The number of carbonyl (C=O) groups is 1. The van der Waals surface area contributed by atoms with Gasteiger partial charge in [-0.3, -0.25) is 9.69 Å². The number of carbonyl (C=O) groups excluding carboxylic acids is 1. The Labute approximate surface area is 174 Å². The number of rotatable bonds is 7. The summed E-state index contributed by atoms with van der Waals surface area (Å²) in [6.07, 6.45) is 0. The van der Waals surface area contributed by atoms with Crippen LogP contribution in [-0.4, -0.2) is 70.5 Å². The molecule has 1 aliphatic rings. The third kappa shape index (κ3) is 5.19. The summed E-state index contributed by atoms with van der Waals surface area (Å²) in [6.45, 7) is 4.87. The molecule has 2 aromatic carbocycles. The van der Waals surface area contributed by atoms with Gasteiger partial charge in [0.1, 0.15) is 12.4 Å². The summed E-state index contributed by atoms with van der Waals surface area (Å²) < 4.78 is 11.2. The largest absolute Gasteiger partial charge is 0.492 e. The van der Waals surface area contributed by atoms with Gasteiger partial charge in [-0.05, 0) is 29.5 Å². The molecular weight excluding hydrogens is 384 g/mol. The normalized spacial score (nSPS) is 14.4. The highest BCUT2D eigenvalue weighted by Crippen LogP contribution is 2.19. The number of benzene rings is 2. The molecule has 1 amide bonds. The average Bonchev–Trinajstić information content (AvgIpc) is 3.21. The number of tetrazole rings is 1. The van der Waals surface area contributed by atoms with Gasteiger partial charge < -0.3 is 14.8 Å². The lowest BCUT2D eigenvalue weighted by Crippen LogP contribution is -2.38. The van der Waals surface area contributed by atoms with Gasteiger partial charge in [-0.1, -0.05) is 18.2 Å². The molecule has 9 heteroatoms. The Balaban J connectivity index is 1.32. The van der Waals surface area contributed by atoms with Gasteiger partial charge in [0.05, 0.1) is 20.3 Å². The maximum Gasteiger partial charge on any atom is 0.255 e. The number of aromatic nitrogens is 4. The molecule has 0 radical (unpaired) electrons. The Morgan fingerprint density at radius 3 is 2.70 bits per heavy atom. The average molecular weight is 408 g/mol. The van der Waals surface area contributed by atoms with Gasteiger partial charge in [0.15, 0.2) is 0 Å². The van der Waals surface area contributed by atoms with Crippen LogP contribution >= 0.6 is 0 Å². The molecule has 1 fully saturated rings. The zero-order valence-corrected chi connectivity index (χ0v) is 16.8. The third-order valence-electron chi connectivity index (χ3n) is 4.79. The van der Waals surface area contributed by atoms with E-state index in [-0.39, 0.29) is 5.91 Å². The highest BCUT2D eigenvalue weighted by molar-refractivity contribution is 6.04. The molecule has 0 aliphatic carbocycles. The van der Waals surface area contributed by atoms with Crippen molar-refractivity contribution < 1.29 is 14.3 Å². The molecule has 0 atom stereocenters. The molecule has 1 saturated heterocycles. The van der Waals surface area contributed by atoms with E-state index in [0.29, 0.717) is 23.7 Å². The van der Waals surface area contributed by atoms with Crippen molar-refractivity contribution in [3.8, 4) is 17.1 Å². The van der Waals surface area contributed by atoms with Gasteiger partial charge in [0.25, 0.3) is 5.91 Å². The van der Waals surface area contributed by atoms with Gasteiger partial charge in [-0.15, -0.1) is 10.2 Å². The van der Waals surface area contributed by atoms with Gasteiger partial charge in [0.2, 0.25) is 5.82 Å². The van der Waals surface area contributed by atoms with Crippen LogP contribution in [0.1, 0.15) is 10.4 Å². The Hall–Kier alpha value is -3.30. The summed E-state index contributed by atoms with van der Waals surface area (Å²) in [7, 11) is 1.71. The van der Waals surface area contributed by atoms with Crippen LogP contribution in [0.2, 0.25) is 0 Å².